The van der Waals surface area contributed by atoms with E-state index in [1.807, 2.05) is 12.3 Å². The predicted octanol–water partition coefficient (Wildman–Crippen LogP) is 3.43. The molecule has 3 nitrogen and oxygen atoms in total. The van der Waals surface area contributed by atoms with Gasteiger partial charge in [-0.05, 0) is 40.4 Å². The number of nitrogens with two attached hydrogens (primary N) is 1. The Hall–Kier alpha value is -0.910. The van der Waals surface area contributed by atoms with Crippen molar-refractivity contribution in [2.24, 2.45) is 5.73 Å². The number of aromatic nitrogens is 1. The molecule has 2 aromatic rings. The van der Waals surface area contributed by atoms with E-state index in [0.29, 0.717) is 12.6 Å². The fourth-order valence-corrected chi connectivity index (χ4v) is 3.21. The molecule has 0 spiro atoms. The molecule has 2 heterocycles. The lowest BCUT2D eigenvalue weighted by Gasteiger charge is -2.27. The minimum absolute atomic E-state index is 0.387. The van der Waals surface area contributed by atoms with Crippen LogP contribution < -0.4 is 10.6 Å². The summed E-state index contributed by atoms with van der Waals surface area (Å²) in [7, 11) is 2.08. The highest BCUT2D eigenvalue weighted by Crippen LogP contribution is 2.23. The van der Waals surface area contributed by atoms with E-state index < -0.39 is 0 Å². The van der Waals surface area contributed by atoms with Crippen molar-refractivity contribution >= 4 is 33.1 Å². The van der Waals surface area contributed by atoms with E-state index in [9.17, 15) is 0 Å². The fraction of sp³-hybridized carbons (Fsp3) is 0.357. The average Bonchev–Trinajstić information content (AvgIpc) is 2.90. The van der Waals surface area contributed by atoms with E-state index in [1.54, 1.807) is 11.3 Å². The lowest BCUT2D eigenvalue weighted by molar-refractivity contribution is 0.676. The monoisotopic (exact) mass is 339 g/mol. The number of anilines is 1. The summed E-state index contributed by atoms with van der Waals surface area (Å²) in [4.78, 5) is 8.10. The molecule has 1 unspecified atom stereocenters. The van der Waals surface area contributed by atoms with Crippen molar-refractivity contribution in [1.29, 1.82) is 0 Å². The summed E-state index contributed by atoms with van der Waals surface area (Å²) in [5, 5.41) is 2.12. The number of thiophene rings is 1. The first-order chi connectivity index (χ1) is 9.11. The minimum atomic E-state index is 0.387. The molecule has 0 saturated heterocycles. The predicted molar refractivity (Wildman–Crippen MR) is 85.7 cm³/mol. The molecule has 2 aromatic heterocycles. The maximum absolute atomic E-state index is 5.81. The van der Waals surface area contributed by atoms with Gasteiger partial charge in [0, 0.05) is 47.2 Å². The molecular formula is C14H18BrN3S. The molecule has 0 bridgehead atoms. The van der Waals surface area contributed by atoms with Gasteiger partial charge in [0.05, 0.1) is 0 Å². The third-order valence-corrected chi connectivity index (χ3v) is 4.53. The van der Waals surface area contributed by atoms with Crippen molar-refractivity contribution < 1.29 is 0 Å². The molecule has 5 heteroatoms. The van der Waals surface area contributed by atoms with Crippen LogP contribution in [0.5, 0.6) is 0 Å². The van der Waals surface area contributed by atoms with Gasteiger partial charge in [0.1, 0.15) is 5.82 Å². The van der Waals surface area contributed by atoms with Gasteiger partial charge >= 0.3 is 0 Å². The lowest BCUT2D eigenvalue weighted by atomic mass is 10.1. The van der Waals surface area contributed by atoms with E-state index in [1.165, 1.54) is 4.88 Å². The Morgan fingerprint density at radius 2 is 2.32 bits per heavy atom. The minimum Gasteiger partial charge on any atom is -0.356 e. The van der Waals surface area contributed by atoms with E-state index in [4.69, 9.17) is 5.73 Å². The van der Waals surface area contributed by atoms with Gasteiger partial charge in [0.15, 0.2) is 0 Å². The summed E-state index contributed by atoms with van der Waals surface area (Å²) in [6.45, 7) is 2.71. The number of hydrogen-bond acceptors (Lipinski definition) is 4. The summed E-state index contributed by atoms with van der Waals surface area (Å²) in [5.41, 5.74) is 6.87. The Kier molecular flexibility index (Phi) is 4.96. The van der Waals surface area contributed by atoms with Crippen LogP contribution in [0.1, 0.15) is 17.4 Å². The molecule has 2 rings (SSSR count). The Morgan fingerprint density at radius 1 is 1.53 bits per heavy atom. The SMILES string of the molecule is CC(Cc1cccs1)N(C)c1ncc(Br)cc1CN. The third-order valence-electron chi connectivity index (χ3n) is 3.20. The first-order valence-electron chi connectivity index (χ1n) is 6.21. The number of pyridine rings is 1. The van der Waals surface area contributed by atoms with Gasteiger partial charge in [-0.15, -0.1) is 11.3 Å². The van der Waals surface area contributed by atoms with E-state index in [2.05, 4.69) is 57.3 Å². The van der Waals surface area contributed by atoms with Crippen LogP contribution in [0.2, 0.25) is 0 Å². The van der Waals surface area contributed by atoms with Gasteiger partial charge in [0.2, 0.25) is 0 Å². The van der Waals surface area contributed by atoms with Crippen LogP contribution in [-0.4, -0.2) is 18.1 Å². The topological polar surface area (TPSA) is 42.2 Å². The highest BCUT2D eigenvalue weighted by Gasteiger charge is 2.15. The Bertz CT molecular complexity index is 527. The van der Waals surface area contributed by atoms with Crippen LogP contribution in [-0.2, 0) is 13.0 Å². The van der Waals surface area contributed by atoms with Crippen LogP contribution >= 0.6 is 27.3 Å². The van der Waals surface area contributed by atoms with Gasteiger partial charge < -0.3 is 10.6 Å². The quantitative estimate of drug-likeness (QED) is 0.907. The number of nitrogens with zero attached hydrogens (tertiary/aromatic N) is 2. The molecular weight excluding hydrogens is 322 g/mol. The zero-order valence-corrected chi connectivity index (χ0v) is 13.5. The molecule has 1 atom stereocenters. The van der Waals surface area contributed by atoms with Crippen molar-refractivity contribution in [2.45, 2.75) is 25.9 Å². The first-order valence-corrected chi connectivity index (χ1v) is 7.88. The largest absolute Gasteiger partial charge is 0.356 e. The Labute approximate surface area is 126 Å². The van der Waals surface area contributed by atoms with Gasteiger partial charge in [0.25, 0.3) is 0 Å². The van der Waals surface area contributed by atoms with E-state index in [0.717, 1.165) is 22.3 Å². The van der Waals surface area contributed by atoms with Crippen LogP contribution in [0.4, 0.5) is 5.82 Å². The number of hydrogen-bond donors (Lipinski definition) is 1. The van der Waals surface area contributed by atoms with Crippen LogP contribution in [0.25, 0.3) is 0 Å². The van der Waals surface area contributed by atoms with Gasteiger partial charge in [-0.25, -0.2) is 4.98 Å². The second-order valence-electron chi connectivity index (χ2n) is 4.58. The summed E-state index contributed by atoms with van der Waals surface area (Å²) in [6.07, 6.45) is 2.85. The number of halogens is 1. The maximum Gasteiger partial charge on any atom is 0.133 e. The second kappa shape index (κ2) is 6.50. The second-order valence-corrected chi connectivity index (χ2v) is 6.53. The average molecular weight is 340 g/mol. The van der Waals surface area contributed by atoms with Crippen molar-refractivity contribution in [2.75, 3.05) is 11.9 Å². The summed E-state index contributed by atoms with van der Waals surface area (Å²) in [5.74, 6) is 0.967. The van der Waals surface area contributed by atoms with Gasteiger partial charge in [-0.1, -0.05) is 6.07 Å². The molecule has 2 N–H and O–H groups in total. The van der Waals surface area contributed by atoms with Gasteiger partial charge in [-0.2, -0.15) is 0 Å². The maximum atomic E-state index is 5.81. The van der Waals surface area contributed by atoms with Crippen molar-refractivity contribution in [3.63, 3.8) is 0 Å². The van der Waals surface area contributed by atoms with Gasteiger partial charge in [-0.3, -0.25) is 0 Å². The fourth-order valence-electron chi connectivity index (χ4n) is 2.01. The van der Waals surface area contributed by atoms with Crippen LogP contribution in [0, 0.1) is 0 Å². The molecule has 0 amide bonds. The van der Waals surface area contributed by atoms with Crippen molar-refractivity contribution in [1.82, 2.24) is 4.98 Å². The molecule has 0 aliphatic heterocycles. The highest BCUT2D eigenvalue weighted by atomic mass is 79.9. The molecule has 0 aliphatic carbocycles. The zero-order chi connectivity index (χ0) is 13.8. The summed E-state index contributed by atoms with van der Waals surface area (Å²) >= 11 is 5.23. The highest BCUT2D eigenvalue weighted by molar-refractivity contribution is 9.10. The van der Waals surface area contributed by atoms with Crippen LogP contribution in [0.15, 0.2) is 34.2 Å². The molecule has 0 saturated carbocycles. The molecule has 0 aromatic carbocycles. The number of likely N-dealkylation sites (N-methyl/N-ethyl adjacent to an activating group) is 1. The first kappa shape index (κ1) is 14.5. The molecule has 0 aliphatic rings. The van der Waals surface area contributed by atoms with E-state index in [-0.39, 0.29) is 0 Å². The van der Waals surface area contributed by atoms with Crippen molar-refractivity contribution in [3.8, 4) is 0 Å². The van der Waals surface area contributed by atoms with Crippen molar-refractivity contribution in [3.05, 3.63) is 44.7 Å². The molecule has 0 fully saturated rings. The Balaban J connectivity index is 2.16. The molecule has 102 valence electrons. The smallest absolute Gasteiger partial charge is 0.133 e. The number of rotatable bonds is 5. The molecule has 19 heavy (non-hydrogen) atoms. The van der Waals surface area contributed by atoms with Crippen LogP contribution in [0.3, 0.4) is 0 Å². The standard InChI is InChI=1S/C14H18BrN3S/c1-10(6-13-4-3-5-19-13)18(2)14-11(8-16)7-12(15)9-17-14/h3-5,7,9-10H,6,8,16H2,1-2H3. The Morgan fingerprint density at radius 3 is 2.95 bits per heavy atom. The normalized spacial score (nSPS) is 12.4. The lowest BCUT2D eigenvalue weighted by Crippen LogP contribution is -2.32. The van der Waals surface area contributed by atoms with E-state index >= 15 is 0 Å². The zero-order valence-electron chi connectivity index (χ0n) is 11.1. The summed E-state index contributed by atoms with van der Waals surface area (Å²) in [6, 6.07) is 6.69. The summed E-state index contributed by atoms with van der Waals surface area (Å²) < 4.78 is 0.969. The third kappa shape index (κ3) is 3.55. The molecule has 0 radical (unpaired) electrons.